The number of hydrogen-bond acceptors (Lipinski definition) is 5. The molecule has 7 heteroatoms. The summed E-state index contributed by atoms with van der Waals surface area (Å²) in [7, 11) is 0. The SMILES string of the molecule is O=C(c1cccc(OCc2cscn2)c1)N1CCOC(c2ccc(Br)cc2)C1. The van der Waals surface area contributed by atoms with Gasteiger partial charge in [0.05, 0.1) is 24.4 Å². The quantitative estimate of drug-likeness (QED) is 0.555. The number of morpholine rings is 1. The van der Waals surface area contributed by atoms with Crippen molar-refractivity contribution in [2.24, 2.45) is 0 Å². The third-order valence-corrected chi connectivity index (χ3v) is 5.71. The van der Waals surface area contributed by atoms with Crippen LogP contribution in [-0.2, 0) is 11.3 Å². The predicted octanol–water partition coefficient (Wildman–Crippen LogP) is 4.70. The van der Waals surface area contributed by atoms with Crippen molar-refractivity contribution in [3.8, 4) is 5.75 Å². The molecule has 0 aliphatic carbocycles. The first-order valence-electron chi connectivity index (χ1n) is 8.95. The number of carbonyl (C=O) groups is 1. The Morgan fingerprint density at radius 3 is 2.93 bits per heavy atom. The van der Waals surface area contributed by atoms with E-state index in [1.807, 2.05) is 52.7 Å². The third-order valence-electron chi connectivity index (χ3n) is 4.55. The van der Waals surface area contributed by atoms with E-state index in [2.05, 4.69) is 20.9 Å². The molecule has 1 amide bonds. The Bertz CT molecular complexity index is 931. The van der Waals surface area contributed by atoms with Gasteiger partial charge in [0.15, 0.2) is 0 Å². The third kappa shape index (κ3) is 4.60. The van der Waals surface area contributed by atoms with Crippen LogP contribution < -0.4 is 4.74 Å². The number of aromatic nitrogens is 1. The molecular formula is C21H19BrN2O3S. The maximum Gasteiger partial charge on any atom is 0.254 e. The first-order valence-corrected chi connectivity index (χ1v) is 10.7. The van der Waals surface area contributed by atoms with Gasteiger partial charge in [-0.1, -0.05) is 34.1 Å². The van der Waals surface area contributed by atoms with Crippen molar-refractivity contribution < 1.29 is 14.3 Å². The van der Waals surface area contributed by atoms with E-state index in [9.17, 15) is 4.79 Å². The van der Waals surface area contributed by atoms with Gasteiger partial charge < -0.3 is 14.4 Å². The van der Waals surface area contributed by atoms with Gasteiger partial charge in [0.1, 0.15) is 18.5 Å². The summed E-state index contributed by atoms with van der Waals surface area (Å²) < 4.78 is 12.7. The number of nitrogens with zero attached hydrogens (tertiary/aromatic N) is 2. The highest BCUT2D eigenvalue weighted by atomic mass is 79.9. The molecule has 1 aromatic heterocycles. The molecule has 2 aromatic carbocycles. The molecule has 0 saturated carbocycles. The average molecular weight is 459 g/mol. The standard InChI is InChI=1S/C21H19BrN2O3S/c22-17-6-4-15(5-7-17)20-11-24(8-9-26-20)21(25)16-2-1-3-19(10-16)27-12-18-13-28-14-23-18/h1-7,10,13-14,20H,8-9,11-12H2. The van der Waals surface area contributed by atoms with E-state index < -0.39 is 0 Å². The predicted molar refractivity (Wildman–Crippen MR) is 112 cm³/mol. The average Bonchev–Trinajstić information content (AvgIpc) is 3.26. The molecule has 2 heterocycles. The second kappa shape index (κ2) is 8.86. The fraction of sp³-hybridized carbons (Fsp3) is 0.238. The van der Waals surface area contributed by atoms with Gasteiger partial charge in [0.2, 0.25) is 0 Å². The summed E-state index contributed by atoms with van der Waals surface area (Å²) in [6.45, 7) is 2.02. The van der Waals surface area contributed by atoms with E-state index in [4.69, 9.17) is 9.47 Å². The van der Waals surface area contributed by atoms with Gasteiger partial charge in [-0.3, -0.25) is 4.79 Å². The first kappa shape index (κ1) is 19.1. The zero-order valence-electron chi connectivity index (χ0n) is 15.1. The van der Waals surface area contributed by atoms with Gasteiger partial charge in [0.25, 0.3) is 5.91 Å². The Hall–Kier alpha value is -2.22. The molecule has 1 unspecified atom stereocenters. The van der Waals surface area contributed by atoms with Gasteiger partial charge in [-0.2, -0.15) is 0 Å². The van der Waals surface area contributed by atoms with Gasteiger partial charge in [0, 0.05) is 22.0 Å². The van der Waals surface area contributed by atoms with E-state index in [1.165, 1.54) is 11.3 Å². The van der Waals surface area contributed by atoms with Crippen LogP contribution in [0.3, 0.4) is 0 Å². The summed E-state index contributed by atoms with van der Waals surface area (Å²) in [5.41, 5.74) is 4.35. The van der Waals surface area contributed by atoms with Crippen LogP contribution in [0.2, 0.25) is 0 Å². The fourth-order valence-electron chi connectivity index (χ4n) is 3.08. The topological polar surface area (TPSA) is 51.7 Å². The molecule has 0 N–H and O–H groups in total. The molecule has 3 aromatic rings. The van der Waals surface area contributed by atoms with Crippen molar-refractivity contribution in [2.45, 2.75) is 12.7 Å². The summed E-state index contributed by atoms with van der Waals surface area (Å²) in [5.74, 6) is 0.654. The van der Waals surface area contributed by atoms with Crippen LogP contribution in [0.15, 0.2) is 63.9 Å². The van der Waals surface area contributed by atoms with Crippen LogP contribution in [0.5, 0.6) is 5.75 Å². The van der Waals surface area contributed by atoms with Gasteiger partial charge in [-0.05, 0) is 35.9 Å². The second-order valence-corrected chi connectivity index (χ2v) is 8.09. The zero-order chi connectivity index (χ0) is 19.3. The maximum absolute atomic E-state index is 13.0. The molecule has 0 radical (unpaired) electrons. The Balaban J connectivity index is 1.43. The Morgan fingerprint density at radius 1 is 1.29 bits per heavy atom. The highest BCUT2D eigenvalue weighted by Gasteiger charge is 2.26. The van der Waals surface area contributed by atoms with Crippen LogP contribution in [-0.4, -0.2) is 35.5 Å². The lowest BCUT2D eigenvalue weighted by Gasteiger charge is -2.33. The number of hydrogen-bond donors (Lipinski definition) is 0. The van der Waals surface area contributed by atoms with Crippen molar-refractivity contribution in [3.05, 3.63) is 80.7 Å². The van der Waals surface area contributed by atoms with Crippen molar-refractivity contribution in [1.82, 2.24) is 9.88 Å². The molecule has 0 spiro atoms. The maximum atomic E-state index is 13.0. The molecule has 4 rings (SSSR count). The minimum Gasteiger partial charge on any atom is -0.487 e. The Kier molecular flexibility index (Phi) is 6.04. The molecule has 5 nitrogen and oxygen atoms in total. The first-order chi connectivity index (χ1) is 13.7. The monoisotopic (exact) mass is 458 g/mol. The number of benzene rings is 2. The number of amides is 1. The minimum absolute atomic E-state index is 0.00970. The van der Waals surface area contributed by atoms with E-state index in [-0.39, 0.29) is 12.0 Å². The number of ether oxygens (including phenoxy) is 2. The molecule has 28 heavy (non-hydrogen) atoms. The normalized spacial score (nSPS) is 16.8. The lowest BCUT2D eigenvalue weighted by Crippen LogP contribution is -2.42. The Morgan fingerprint density at radius 2 is 2.14 bits per heavy atom. The molecule has 1 aliphatic heterocycles. The lowest BCUT2D eigenvalue weighted by molar-refractivity contribution is -0.0228. The zero-order valence-corrected chi connectivity index (χ0v) is 17.5. The van der Waals surface area contributed by atoms with Crippen LogP contribution >= 0.6 is 27.3 Å². The van der Waals surface area contributed by atoms with Gasteiger partial charge >= 0.3 is 0 Å². The van der Waals surface area contributed by atoms with Crippen LogP contribution in [0, 0.1) is 0 Å². The smallest absolute Gasteiger partial charge is 0.254 e. The number of halogens is 1. The molecule has 1 fully saturated rings. The molecular weight excluding hydrogens is 440 g/mol. The largest absolute Gasteiger partial charge is 0.487 e. The number of thiazole rings is 1. The highest BCUT2D eigenvalue weighted by Crippen LogP contribution is 2.25. The van der Waals surface area contributed by atoms with Crippen LogP contribution in [0.4, 0.5) is 0 Å². The van der Waals surface area contributed by atoms with Crippen molar-refractivity contribution in [2.75, 3.05) is 19.7 Å². The van der Waals surface area contributed by atoms with E-state index in [0.717, 1.165) is 15.7 Å². The van der Waals surface area contributed by atoms with E-state index in [0.29, 0.717) is 37.6 Å². The summed E-state index contributed by atoms with van der Waals surface area (Å²) in [6.07, 6.45) is -0.116. The van der Waals surface area contributed by atoms with Crippen molar-refractivity contribution in [3.63, 3.8) is 0 Å². The summed E-state index contributed by atoms with van der Waals surface area (Å²) in [5, 5.41) is 1.95. The summed E-state index contributed by atoms with van der Waals surface area (Å²) >= 11 is 4.98. The molecule has 1 atom stereocenters. The van der Waals surface area contributed by atoms with Crippen LogP contribution in [0.1, 0.15) is 27.7 Å². The van der Waals surface area contributed by atoms with Crippen molar-refractivity contribution in [1.29, 1.82) is 0 Å². The molecule has 1 saturated heterocycles. The number of rotatable bonds is 5. The van der Waals surface area contributed by atoms with E-state index >= 15 is 0 Å². The molecule has 144 valence electrons. The second-order valence-electron chi connectivity index (χ2n) is 6.46. The highest BCUT2D eigenvalue weighted by molar-refractivity contribution is 9.10. The number of carbonyl (C=O) groups excluding carboxylic acids is 1. The van der Waals surface area contributed by atoms with Crippen molar-refractivity contribution >= 4 is 33.2 Å². The molecule has 1 aliphatic rings. The summed E-state index contributed by atoms with van der Waals surface area (Å²) in [6, 6.07) is 15.3. The van der Waals surface area contributed by atoms with Crippen LogP contribution in [0.25, 0.3) is 0 Å². The van der Waals surface area contributed by atoms with E-state index in [1.54, 1.807) is 11.6 Å². The van der Waals surface area contributed by atoms with Gasteiger partial charge in [-0.15, -0.1) is 11.3 Å². The minimum atomic E-state index is -0.116. The fourth-order valence-corrected chi connectivity index (χ4v) is 3.89. The Labute approximate surface area is 176 Å². The lowest BCUT2D eigenvalue weighted by atomic mass is 10.1. The molecule has 0 bridgehead atoms. The summed E-state index contributed by atoms with van der Waals surface area (Å²) in [4.78, 5) is 19.1. The van der Waals surface area contributed by atoms with Gasteiger partial charge in [-0.25, -0.2) is 4.98 Å².